The van der Waals surface area contributed by atoms with Gasteiger partial charge in [-0.25, -0.2) is 4.98 Å². The molecule has 0 radical (unpaired) electrons. The van der Waals surface area contributed by atoms with Gasteiger partial charge in [0.2, 0.25) is 0 Å². The third kappa shape index (κ3) is 2.48. The van der Waals surface area contributed by atoms with E-state index in [-0.39, 0.29) is 0 Å². The highest BCUT2D eigenvalue weighted by molar-refractivity contribution is 6.29. The van der Waals surface area contributed by atoms with Crippen molar-refractivity contribution in [2.45, 2.75) is 31.7 Å². The highest BCUT2D eigenvalue weighted by Gasteiger charge is 2.16. The molecule has 0 aromatic carbocycles. The number of nitrogens with zero attached hydrogens (tertiary/aromatic N) is 1. The summed E-state index contributed by atoms with van der Waals surface area (Å²) in [6.07, 6.45) is 7.16. The first-order valence-corrected chi connectivity index (χ1v) is 5.54. The number of pyridine rings is 1. The molecule has 80 valence electrons. The zero-order valence-electron chi connectivity index (χ0n) is 8.37. The smallest absolute Gasteiger partial charge is 0.153 e. The summed E-state index contributed by atoms with van der Waals surface area (Å²) in [4.78, 5) is 14.7. The molecule has 1 aliphatic carbocycles. The Hall–Kier alpha value is -1.09. The minimum absolute atomic E-state index is 0.418. The molecule has 0 aliphatic heterocycles. The Morgan fingerprint density at radius 1 is 1.47 bits per heavy atom. The third-order valence-electron chi connectivity index (χ3n) is 2.74. The lowest BCUT2D eigenvalue weighted by Crippen LogP contribution is -2.15. The molecule has 15 heavy (non-hydrogen) atoms. The molecule has 0 amide bonds. The number of aldehydes is 1. The van der Waals surface area contributed by atoms with Crippen LogP contribution in [0, 0.1) is 0 Å². The number of carbonyl (C=O) groups is 1. The maximum atomic E-state index is 10.8. The van der Waals surface area contributed by atoms with Crippen molar-refractivity contribution in [3.8, 4) is 0 Å². The zero-order chi connectivity index (χ0) is 10.7. The molecule has 1 heterocycles. The van der Waals surface area contributed by atoms with E-state index in [1.807, 2.05) is 0 Å². The van der Waals surface area contributed by atoms with Gasteiger partial charge in [-0.2, -0.15) is 0 Å². The molecule has 4 heteroatoms. The maximum Gasteiger partial charge on any atom is 0.153 e. The molecule has 2 rings (SSSR count). The Labute approximate surface area is 93.8 Å². The van der Waals surface area contributed by atoms with Gasteiger partial charge in [0, 0.05) is 17.9 Å². The second kappa shape index (κ2) is 4.62. The molecule has 0 saturated heterocycles. The first-order valence-electron chi connectivity index (χ1n) is 5.17. The summed E-state index contributed by atoms with van der Waals surface area (Å²) in [6, 6.07) is 2.19. The average Bonchev–Trinajstić information content (AvgIpc) is 2.71. The summed E-state index contributed by atoms with van der Waals surface area (Å²) in [5.74, 6) is 0. The number of carbonyl (C=O) groups excluding carboxylic acids is 1. The fourth-order valence-corrected chi connectivity index (χ4v) is 2.11. The summed E-state index contributed by atoms with van der Waals surface area (Å²) in [5, 5.41) is 3.76. The lowest BCUT2D eigenvalue weighted by Gasteiger charge is -2.14. The average molecular weight is 225 g/mol. The molecule has 1 aromatic heterocycles. The molecule has 1 N–H and O–H groups in total. The van der Waals surface area contributed by atoms with Crippen molar-refractivity contribution in [2.24, 2.45) is 0 Å². The number of anilines is 1. The van der Waals surface area contributed by atoms with Crippen LogP contribution in [0.3, 0.4) is 0 Å². The van der Waals surface area contributed by atoms with Crippen LogP contribution in [0.15, 0.2) is 12.3 Å². The Balaban J connectivity index is 2.17. The highest BCUT2D eigenvalue weighted by atomic mass is 35.5. The minimum Gasteiger partial charge on any atom is -0.382 e. The van der Waals surface area contributed by atoms with Crippen LogP contribution >= 0.6 is 11.6 Å². The Morgan fingerprint density at radius 3 is 2.87 bits per heavy atom. The predicted molar refractivity (Wildman–Crippen MR) is 60.5 cm³/mol. The Morgan fingerprint density at radius 2 is 2.20 bits per heavy atom. The summed E-state index contributed by atoms with van der Waals surface area (Å²) in [7, 11) is 0. The van der Waals surface area contributed by atoms with E-state index < -0.39 is 0 Å². The van der Waals surface area contributed by atoms with Crippen LogP contribution in [0.5, 0.6) is 0 Å². The van der Waals surface area contributed by atoms with Crippen molar-refractivity contribution in [3.63, 3.8) is 0 Å². The van der Waals surface area contributed by atoms with Crippen LogP contribution in [0.25, 0.3) is 0 Å². The Bertz CT molecular complexity index is 362. The quantitative estimate of drug-likeness (QED) is 0.634. The van der Waals surface area contributed by atoms with E-state index in [0.717, 1.165) is 24.8 Å². The number of hydrogen-bond donors (Lipinski definition) is 1. The van der Waals surface area contributed by atoms with Crippen molar-refractivity contribution in [3.05, 3.63) is 23.0 Å². The number of halogens is 1. The van der Waals surface area contributed by atoms with Gasteiger partial charge in [0.25, 0.3) is 0 Å². The summed E-state index contributed by atoms with van der Waals surface area (Å²) >= 11 is 5.79. The lowest BCUT2D eigenvalue weighted by atomic mass is 10.2. The second-order valence-electron chi connectivity index (χ2n) is 3.84. The van der Waals surface area contributed by atoms with Gasteiger partial charge >= 0.3 is 0 Å². The van der Waals surface area contributed by atoms with Gasteiger partial charge < -0.3 is 5.32 Å². The topological polar surface area (TPSA) is 42.0 Å². The molecular formula is C11H13ClN2O. The van der Waals surface area contributed by atoms with Crippen LogP contribution in [-0.2, 0) is 0 Å². The maximum absolute atomic E-state index is 10.8. The minimum atomic E-state index is 0.418. The van der Waals surface area contributed by atoms with E-state index in [1.165, 1.54) is 19.0 Å². The number of nitrogens with one attached hydrogen (secondary N) is 1. The second-order valence-corrected chi connectivity index (χ2v) is 4.23. The lowest BCUT2D eigenvalue weighted by molar-refractivity contribution is 0.112. The van der Waals surface area contributed by atoms with Gasteiger partial charge in [-0.3, -0.25) is 4.79 Å². The fraction of sp³-hybridized carbons (Fsp3) is 0.455. The number of rotatable bonds is 3. The molecule has 0 atom stereocenters. The summed E-state index contributed by atoms with van der Waals surface area (Å²) in [6.45, 7) is 0. The van der Waals surface area contributed by atoms with Crippen molar-refractivity contribution < 1.29 is 4.79 Å². The van der Waals surface area contributed by atoms with Crippen LogP contribution in [0.4, 0.5) is 5.69 Å². The van der Waals surface area contributed by atoms with Gasteiger partial charge in [-0.1, -0.05) is 24.4 Å². The molecule has 0 unspecified atom stereocenters. The molecule has 1 aliphatic rings. The van der Waals surface area contributed by atoms with Gasteiger partial charge in [-0.05, 0) is 18.9 Å². The normalized spacial score (nSPS) is 16.6. The van der Waals surface area contributed by atoms with Crippen LogP contribution < -0.4 is 5.32 Å². The van der Waals surface area contributed by atoms with Crippen molar-refractivity contribution in [2.75, 3.05) is 5.32 Å². The van der Waals surface area contributed by atoms with E-state index in [9.17, 15) is 4.79 Å². The zero-order valence-corrected chi connectivity index (χ0v) is 9.13. The van der Waals surface area contributed by atoms with E-state index in [2.05, 4.69) is 10.3 Å². The van der Waals surface area contributed by atoms with E-state index in [0.29, 0.717) is 16.8 Å². The molecule has 1 fully saturated rings. The molecule has 1 aromatic rings. The van der Waals surface area contributed by atoms with E-state index >= 15 is 0 Å². The molecule has 0 spiro atoms. The molecule has 3 nitrogen and oxygen atoms in total. The van der Waals surface area contributed by atoms with Crippen molar-refractivity contribution >= 4 is 23.6 Å². The first-order chi connectivity index (χ1) is 7.29. The standard InChI is InChI=1S/C11H13ClN2O/c12-11-5-10(8(7-15)6-13-11)14-9-3-1-2-4-9/h5-7,9H,1-4H2,(H,13,14). The summed E-state index contributed by atoms with van der Waals surface area (Å²) < 4.78 is 0. The fourth-order valence-electron chi connectivity index (χ4n) is 1.95. The monoisotopic (exact) mass is 224 g/mol. The van der Waals surface area contributed by atoms with Gasteiger partial charge in [0.05, 0.1) is 5.56 Å². The highest BCUT2D eigenvalue weighted by Crippen LogP contribution is 2.24. The molecule has 0 bridgehead atoms. The number of hydrogen-bond acceptors (Lipinski definition) is 3. The number of aromatic nitrogens is 1. The molecule has 1 saturated carbocycles. The van der Waals surface area contributed by atoms with E-state index in [1.54, 1.807) is 6.07 Å². The summed E-state index contributed by atoms with van der Waals surface area (Å²) in [5.41, 5.74) is 1.38. The van der Waals surface area contributed by atoms with Crippen LogP contribution in [0.2, 0.25) is 5.15 Å². The predicted octanol–water partition coefficient (Wildman–Crippen LogP) is 2.90. The Kier molecular flexibility index (Phi) is 3.21. The molecular weight excluding hydrogens is 212 g/mol. The van der Waals surface area contributed by atoms with E-state index in [4.69, 9.17) is 11.6 Å². The van der Waals surface area contributed by atoms with Gasteiger partial charge in [-0.15, -0.1) is 0 Å². The van der Waals surface area contributed by atoms with Crippen molar-refractivity contribution in [1.82, 2.24) is 4.98 Å². The largest absolute Gasteiger partial charge is 0.382 e. The first kappa shape index (κ1) is 10.4. The third-order valence-corrected chi connectivity index (χ3v) is 2.95. The van der Waals surface area contributed by atoms with Gasteiger partial charge in [0.1, 0.15) is 5.15 Å². The van der Waals surface area contributed by atoms with Gasteiger partial charge in [0.15, 0.2) is 6.29 Å². The van der Waals surface area contributed by atoms with Crippen molar-refractivity contribution in [1.29, 1.82) is 0 Å². The van der Waals surface area contributed by atoms with Crippen LogP contribution in [0.1, 0.15) is 36.0 Å². The van der Waals surface area contributed by atoms with Crippen LogP contribution in [-0.4, -0.2) is 17.3 Å². The SMILES string of the molecule is O=Cc1cnc(Cl)cc1NC1CCCC1.